The second-order valence-electron chi connectivity index (χ2n) is 6.28. The first-order chi connectivity index (χ1) is 11.5. The number of aliphatic imine (C=N–C) groups is 1. The number of hydrogen-bond acceptors (Lipinski definition) is 5. The summed E-state index contributed by atoms with van der Waals surface area (Å²) in [6, 6.07) is 3.90. The van der Waals surface area contributed by atoms with Gasteiger partial charge in [-0.05, 0) is 19.4 Å². The van der Waals surface area contributed by atoms with Gasteiger partial charge in [0.1, 0.15) is 6.61 Å². The third kappa shape index (κ3) is 7.57. The van der Waals surface area contributed by atoms with Crippen LogP contribution >= 0.6 is 35.7 Å². The molecule has 1 aliphatic heterocycles. The minimum atomic E-state index is 0. The van der Waals surface area contributed by atoms with Crippen molar-refractivity contribution in [1.29, 1.82) is 0 Å². The number of hydrogen-bond donors (Lipinski definition) is 1. The predicted molar refractivity (Wildman–Crippen MR) is 115 cm³/mol. The van der Waals surface area contributed by atoms with Crippen LogP contribution in [0.3, 0.4) is 0 Å². The van der Waals surface area contributed by atoms with E-state index in [1.807, 2.05) is 37.1 Å². The van der Waals surface area contributed by atoms with E-state index in [0.717, 1.165) is 30.4 Å². The summed E-state index contributed by atoms with van der Waals surface area (Å²) in [6.45, 7) is 8.36. The Bertz CT molecular complexity index is 540. The zero-order valence-electron chi connectivity index (χ0n) is 15.4. The van der Waals surface area contributed by atoms with Crippen LogP contribution in [-0.2, 0) is 11.3 Å². The molecule has 6 nitrogen and oxygen atoms in total. The zero-order valence-corrected chi connectivity index (χ0v) is 18.6. The van der Waals surface area contributed by atoms with E-state index in [4.69, 9.17) is 9.47 Å². The molecule has 8 heteroatoms. The number of methoxy groups -OCH3 is 1. The average Bonchev–Trinajstić information content (AvgIpc) is 2.56. The molecule has 2 heterocycles. The van der Waals surface area contributed by atoms with E-state index in [2.05, 4.69) is 34.0 Å². The van der Waals surface area contributed by atoms with Crippen molar-refractivity contribution < 1.29 is 9.47 Å². The van der Waals surface area contributed by atoms with E-state index < -0.39 is 0 Å². The summed E-state index contributed by atoms with van der Waals surface area (Å²) in [7, 11) is 3.49. The van der Waals surface area contributed by atoms with Crippen LogP contribution < -0.4 is 10.1 Å². The van der Waals surface area contributed by atoms with Gasteiger partial charge in [-0.15, -0.1) is 24.0 Å². The first kappa shape index (κ1) is 22.3. The van der Waals surface area contributed by atoms with E-state index in [0.29, 0.717) is 25.6 Å². The van der Waals surface area contributed by atoms with Gasteiger partial charge in [0, 0.05) is 56.6 Å². The van der Waals surface area contributed by atoms with Crippen molar-refractivity contribution in [2.45, 2.75) is 25.1 Å². The second kappa shape index (κ2) is 11.1. The fraction of sp³-hybridized carbons (Fsp3) is 0.647. The van der Waals surface area contributed by atoms with Gasteiger partial charge < -0.3 is 19.7 Å². The van der Waals surface area contributed by atoms with Gasteiger partial charge in [0.05, 0.1) is 6.61 Å². The van der Waals surface area contributed by atoms with Crippen LogP contribution in [0.1, 0.15) is 19.4 Å². The SMILES string of the molecule is CN=C(NCc1ccc(OCCOC)nc1)N1CCSC(C)(C)C1.I. The first-order valence-electron chi connectivity index (χ1n) is 8.20. The van der Waals surface area contributed by atoms with E-state index in [9.17, 15) is 0 Å². The van der Waals surface area contributed by atoms with Gasteiger partial charge in [-0.25, -0.2) is 4.98 Å². The minimum Gasteiger partial charge on any atom is -0.475 e. The molecule has 25 heavy (non-hydrogen) atoms. The van der Waals surface area contributed by atoms with Gasteiger partial charge in [-0.3, -0.25) is 4.99 Å². The molecule has 1 fully saturated rings. The summed E-state index contributed by atoms with van der Waals surface area (Å²) in [6.07, 6.45) is 1.83. The minimum absolute atomic E-state index is 0. The maximum Gasteiger partial charge on any atom is 0.213 e. The van der Waals surface area contributed by atoms with Crippen molar-refractivity contribution in [2.75, 3.05) is 46.2 Å². The molecule has 0 aromatic carbocycles. The number of pyridine rings is 1. The third-order valence-corrected chi connectivity index (χ3v) is 5.02. The molecular weight excluding hydrogens is 451 g/mol. The van der Waals surface area contributed by atoms with Gasteiger partial charge >= 0.3 is 0 Å². The maximum absolute atomic E-state index is 5.48. The molecule has 0 radical (unpaired) electrons. The van der Waals surface area contributed by atoms with Gasteiger partial charge in [0.25, 0.3) is 0 Å². The number of halogens is 1. The fourth-order valence-electron chi connectivity index (χ4n) is 2.54. The van der Waals surface area contributed by atoms with Gasteiger partial charge in [-0.1, -0.05) is 6.07 Å². The number of aromatic nitrogens is 1. The summed E-state index contributed by atoms with van der Waals surface area (Å²) in [5, 5.41) is 3.43. The Kier molecular flexibility index (Phi) is 9.88. The highest BCUT2D eigenvalue weighted by Crippen LogP contribution is 2.29. The van der Waals surface area contributed by atoms with Crippen molar-refractivity contribution in [3.8, 4) is 5.88 Å². The van der Waals surface area contributed by atoms with E-state index in [1.165, 1.54) is 0 Å². The number of nitrogens with zero attached hydrogens (tertiary/aromatic N) is 3. The van der Waals surface area contributed by atoms with Crippen LogP contribution in [-0.4, -0.2) is 66.8 Å². The highest BCUT2D eigenvalue weighted by molar-refractivity contribution is 14.0. The quantitative estimate of drug-likeness (QED) is 0.293. The van der Waals surface area contributed by atoms with Crippen LogP contribution in [0.2, 0.25) is 0 Å². The highest BCUT2D eigenvalue weighted by Gasteiger charge is 2.28. The monoisotopic (exact) mass is 480 g/mol. The molecular formula is C17H29IN4O2S. The molecule has 0 amide bonds. The lowest BCUT2D eigenvalue weighted by molar-refractivity contribution is 0.143. The molecule has 1 aromatic heterocycles. The van der Waals surface area contributed by atoms with Crippen LogP contribution in [0.15, 0.2) is 23.3 Å². The molecule has 0 saturated carbocycles. The Morgan fingerprint density at radius 3 is 2.80 bits per heavy atom. The van der Waals surface area contributed by atoms with Crippen LogP contribution in [0.5, 0.6) is 5.88 Å². The van der Waals surface area contributed by atoms with Crippen molar-refractivity contribution >= 4 is 41.7 Å². The summed E-state index contributed by atoms with van der Waals surface area (Å²) in [5.74, 6) is 2.70. The third-order valence-electron chi connectivity index (χ3n) is 3.72. The Labute approximate surface area is 172 Å². The smallest absolute Gasteiger partial charge is 0.213 e. The van der Waals surface area contributed by atoms with Crippen molar-refractivity contribution in [3.63, 3.8) is 0 Å². The zero-order chi connectivity index (χ0) is 17.4. The van der Waals surface area contributed by atoms with Crippen molar-refractivity contribution in [3.05, 3.63) is 23.9 Å². The largest absolute Gasteiger partial charge is 0.475 e. The standard InChI is InChI=1S/C17H28N4O2S.HI/c1-17(2)13-21(7-10-24-17)16(18-3)20-12-14-5-6-15(19-11-14)23-9-8-22-4;/h5-6,11H,7-10,12-13H2,1-4H3,(H,18,20);1H. The Morgan fingerprint density at radius 1 is 1.40 bits per heavy atom. The molecule has 0 bridgehead atoms. The van der Waals surface area contributed by atoms with Crippen LogP contribution in [0.25, 0.3) is 0 Å². The van der Waals surface area contributed by atoms with Crippen LogP contribution in [0.4, 0.5) is 0 Å². The van der Waals surface area contributed by atoms with E-state index in [1.54, 1.807) is 7.11 Å². The predicted octanol–water partition coefficient (Wildman–Crippen LogP) is 2.63. The molecule has 0 aliphatic carbocycles. The normalized spacial score (nSPS) is 17.0. The topological polar surface area (TPSA) is 59.0 Å². The molecule has 0 spiro atoms. The van der Waals surface area contributed by atoms with E-state index >= 15 is 0 Å². The maximum atomic E-state index is 5.48. The van der Waals surface area contributed by atoms with E-state index in [-0.39, 0.29) is 28.7 Å². The lowest BCUT2D eigenvalue weighted by Gasteiger charge is -2.39. The molecule has 1 N–H and O–H groups in total. The first-order valence-corrected chi connectivity index (χ1v) is 9.19. The second-order valence-corrected chi connectivity index (χ2v) is 8.08. The summed E-state index contributed by atoms with van der Waals surface area (Å²) < 4.78 is 10.7. The lowest BCUT2D eigenvalue weighted by atomic mass is 10.2. The van der Waals surface area contributed by atoms with Crippen molar-refractivity contribution in [2.24, 2.45) is 4.99 Å². The van der Waals surface area contributed by atoms with Gasteiger partial charge in [0.15, 0.2) is 5.96 Å². The fourth-order valence-corrected chi connectivity index (χ4v) is 3.65. The lowest BCUT2D eigenvalue weighted by Crippen LogP contribution is -2.50. The van der Waals surface area contributed by atoms with Crippen LogP contribution in [0, 0.1) is 0 Å². The summed E-state index contributed by atoms with van der Waals surface area (Å²) >= 11 is 2.02. The molecule has 2 rings (SSSR count). The van der Waals surface area contributed by atoms with Gasteiger partial charge in [-0.2, -0.15) is 11.8 Å². The molecule has 0 atom stereocenters. The molecule has 1 aliphatic rings. The molecule has 1 saturated heterocycles. The van der Waals surface area contributed by atoms with Gasteiger partial charge in [0.2, 0.25) is 5.88 Å². The summed E-state index contributed by atoms with van der Waals surface area (Å²) in [5.41, 5.74) is 1.10. The average molecular weight is 480 g/mol. The number of guanidine groups is 1. The van der Waals surface area contributed by atoms with Crippen molar-refractivity contribution in [1.82, 2.24) is 15.2 Å². The number of nitrogens with one attached hydrogen (secondary N) is 1. The molecule has 1 aromatic rings. The Hall–Kier alpha value is -0.740. The summed E-state index contributed by atoms with van der Waals surface area (Å²) in [4.78, 5) is 11.1. The number of ether oxygens (including phenoxy) is 2. The molecule has 142 valence electrons. The Balaban J connectivity index is 0.00000312. The highest BCUT2D eigenvalue weighted by atomic mass is 127. The Morgan fingerprint density at radius 2 is 2.20 bits per heavy atom. The molecule has 0 unspecified atom stereocenters. The number of rotatable bonds is 6. The number of thioether (sulfide) groups is 1.